The number of nitrogens with zero attached hydrogens (tertiary/aromatic N) is 2. The van der Waals surface area contributed by atoms with Crippen LogP contribution < -0.4 is 15.2 Å². The van der Waals surface area contributed by atoms with Gasteiger partial charge in [-0.3, -0.25) is 4.99 Å². The predicted molar refractivity (Wildman–Crippen MR) is 110 cm³/mol. The highest BCUT2D eigenvalue weighted by molar-refractivity contribution is 14.0. The van der Waals surface area contributed by atoms with E-state index in [1.807, 2.05) is 6.07 Å². The zero-order valence-corrected chi connectivity index (χ0v) is 17.2. The number of hydrogen-bond acceptors (Lipinski definition) is 3. The van der Waals surface area contributed by atoms with Gasteiger partial charge in [0.15, 0.2) is 17.5 Å². The Balaban J connectivity index is 0.00000182. The molecule has 1 aromatic carbocycles. The van der Waals surface area contributed by atoms with Crippen molar-refractivity contribution in [2.24, 2.45) is 10.7 Å². The van der Waals surface area contributed by atoms with Crippen LogP contribution in [0.15, 0.2) is 23.2 Å². The highest BCUT2D eigenvalue weighted by Gasteiger charge is 2.37. The molecule has 3 aliphatic rings. The Morgan fingerprint density at radius 2 is 1.88 bits per heavy atom. The second kappa shape index (κ2) is 7.60. The number of aliphatic imine (C=N–C) groups is 1. The second-order valence-corrected chi connectivity index (χ2v) is 7.36. The smallest absolute Gasteiger partial charge is 0.191 e. The molecule has 1 aromatic rings. The molecule has 2 aliphatic carbocycles. The molecule has 0 saturated heterocycles. The lowest BCUT2D eigenvalue weighted by Gasteiger charge is -2.30. The van der Waals surface area contributed by atoms with Gasteiger partial charge in [-0.25, -0.2) is 0 Å². The molecule has 5 nitrogen and oxygen atoms in total. The summed E-state index contributed by atoms with van der Waals surface area (Å²) in [5.41, 5.74) is 7.62. The minimum Gasteiger partial charge on any atom is -0.486 e. The summed E-state index contributed by atoms with van der Waals surface area (Å²) in [5.74, 6) is 2.41. The van der Waals surface area contributed by atoms with E-state index in [1.54, 1.807) is 0 Å². The summed E-state index contributed by atoms with van der Waals surface area (Å²) in [6.45, 7) is 2.02. The summed E-state index contributed by atoms with van der Waals surface area (Å²) < 4.78 is 11.4. The fraction of sp³-hybridized carbons (Fsp3) is 0.632. The largest absolute Gasteiger partial charge is 0.486 e. The number of benzene rings is 1. The van der Waals surface area contributed by atoms with Gasteiger partial charge in [-0.05, 0) is 43.4 Å². The number of halogens is 1. The number of rotatable bonds is 4. The molecular formula is C19H28IN3O2. The van der Waals surface area contributed by atoms with E-state index < -0.39 is 0 Å². The van der Waals surface area contributed by atoms with Crippen LogP contribution in [0.4, 0.5) is 0 Å². The second-order valence-electron chi connectivity index (χ2n) is 7.36. The van der Waals surface area contributed by atoms with Crippen LogP contribution in [-0.2, 0) is 5.41 Å². The van der Waals surface area contributed by atoms with Crippen LogP contribution >= 0.6 is 24.0 Å². The average Bonchev–Trinajstić information content (AvgIpc) is 3.36. The van der Waals surface area contributed by atoms with Gasteiger partial charge < -0.3 is 20.1 Å². The molecule has 0 aromatic heterocycles. The zero-order valence-electron chi connectivity index (χ0n) is 14.9. The van der Waals surface area contributed by atoms with Gasteiger partial charge in [-0.15, -0.1) is 24.0 Å². The van der Waals surface area contributed by atoms with Crippen molar-refractivity contribution in [3.05, 3.63) is 23.8 Å². The maximum Gasteiger partial charge on any atom is 0.191 e. The van der Waals surface area contributed by atoms with Crippen LogP contribution in [0.25, 0.3) is 0 Å². The Kier molecular flexibility index (Phi) is 5.65. The summed E-state index contributed by atoms with van der Waals surface area (Å²) in [7, 11) is 2.06. The molecule has 2 fully saturated rings. The third kappa shape index (κ3) is 3.83. The molecule has 138 valence electrons. The lowest BCUT2D eigenvalue weighted by Crippen LogP contribution is -2.37. The molecule has 0 bridgehead atoms. The molecule has 4 rings (SSSR count). The quantitative estimate of drug-likeness (QED) is 0.428. The first-order chi connectivity index (χ1) is 11.7. The number of hydrogen-bond donors (Lipinski definition) is 1. The first-order valence-electron chi connectivity index (χ1n) is 9.11. The molecule has 0 spiro atoms. The molecule has 0 unspecified atom stereocenters. The lowest BCUT2D eigenvalue weighted by atomic mass is 9.79. The van der Waals surface area contributed by atoms with Gasteiger partial charge in [0.05, 0.1) is 6.54 Å². The van der Waals surface area contributed by atoms with Crippen LogP contribution in [-0.4, -0.2) is 43.7 Å². The maximum absolute atomic E-state index is 6.22. The molecule has 2 N–H and O–H groups in total. The standard InChI is InChI=1S/C19H27N3O2.HI/c1-22(15-5-6-15)18(20)21-13-19(8-2-3-9-19)14-4-7-16-17(12-14)24-11-10-23-16;/h4,7,12,15H,2-3,5-6,8-11,13H2,1H3,(H2,20,21);1H. The highest BCUT2D eigenvalue weighted by Crippen LogP contribution is 2.44. The van der Waals surface area contributed by atoms with Crippen molar-refractivity contribution in [2.45, 2.75) is 50.0 Å². The van der Waals surface area contributed by atoms with E-state index in [2.05, 4.69) is 24.1 Å². The minimum absolute atomic E-state index is 0. The third-order valence-electron chi connectivity index (χ3n) is 5.71. The predicted octanol–water partition coefficient (Wildman–Crippen LogP) is 3.30. The van der Waals surface area contributed by atoms with Crippen LogP contribution in [0, 0.1) is 0 Å². The molecule has 6 heteroatoms. The molecular weight excluding hydrogens is 429 g/mol. The van der Waals surface area contributed by atoms with Gasteiger partial charge >= 0.3 is 0 Å². The third-order valence-corrected chi connectivity index (χ3v) is 5.71. The SMILES string of the molecule is CN(C(N)=NCC1(c2ccc3c(c2)OCCO3)CCCC1)C1CC1.I. The molecule has 0 atom stereocenters. The first kappa shape index (κ1) is 18.6. The summed E-state index contributed by atoms with van der Waals surface area (Å²) in [5, 5.41) is 0. The fourth-order valence-corrected chi connectivity index (χ4v) is 3.96. The van der Waals surface area contributed by atoms with E-state index in [1.165, 1.54) is 31.2 Å². The Morgan fingerprint density at radius 3 is 2.56 bits per heavy atom. The van der Waals surface area contributed by atoms with E-state index in [4.69, 9.17) is 20.2 Å². The Morgan fingerprint density at radius 1 is 1.20 bits per heavy atom. The highest BCUT2D eigenvalue weighted by atomic mass is 127. The number of guanidine groups is 1. The van der Waals surface area contributed by atoms with Crippen molar-refractivity contribution in [3.63, 3.8) is 0 Å². The van der Waals surface area contributed by atoms with Crippen LogP contribution in [0.2, 0.25) is 0 Å². The van der Waals surface area contributed by atoms with Crippen LogP contribution in [0.5, 0.6) is 11.5 Å². The topological polar surface area (TPSA) is 60.1 Å². The molecule has 1 heterocycles. The maximum atomic E-state index is 6.22. The van der Waals surface area contributed by atoms with Gasteiger partial charge in [0.1, 0.15) is 13.2 Å². The van der Waals surface area contributed by atoms with Gasteiger partial charge in [0, 0.05) is 18.5 Å². The van der Waals surface area contributed by atoms with Crippen LogP contribution in [0.1, 0.15) is 44.1 Å². The lowest BCUT2D eigenvalue weighted by molar-refractivity contribution is 0.171. The molecule has 0 amide bonds. The zero-order chi connectivity index (χ0) is 16.6. The Labute approximate surface area is 167 Å². The van der Waals surface area contributed by atoms with E-state index in [0.717, 1.165) is 30.9 Å². The number of ether oxygens (including phenoxy) is 2. The van der Waals surface area contributed by atoms with Gasteiger partial charge in [0.25, 0.3) is 0 Å². The summed E-state index contributed by atoms with van der Waals surface area (Å²) in [6.07, 6.45) is 7.30. The Hall–Kier alpha value is -1.18. The van der Waals surface area contributed by atoms with E-state index in [-0.39, 0.29) is 29.4 Å². The Bertz CT molecular complexity index is 640. The van der Waals surface area contributed by atoms with Gasteiger partial charge in [-0.2, -0.15) is 0 Å². The summed E-state index contributed by atoms with van der Waals surface area (Å²) >= 11 is 0. The molecule has 2 saturated carbocycles. The minimum atomic E-state index is 0. The summed E-state index contributed by atoms with van der Waals surface area (Å²) in [6, 6.07) is 7.00. The average molecular weight is 457 g/mol. The van der Waals surface area contributed by atoms with Gasteiger partial charge in [-0.1, -0.05) is 18.9 Å². The van der Waals surface area contributed by atoms with Gasteiger partial charge in [0.2, 0.25) is 0 Å². The van der Waals surface area contributed by atoms with E-state index >= 15 is 0 Å². The van der Waals surface area contributed by atoms with Crippen molar-refractivity contribution in [1.82, 2.24) is 4.90 Å². The first-order valence-corrected chi connectivity index (χ1v) is 9.11. The normalized spacial score (nSPS) is 21.6. The van der Waals surface area contributed by atoms with Crippen molar-refractivity contribution in [1.29, 1.82) is 0 Å². The van der Waals surface area contributed by atoms with E-state index in [0.29, 0.717) is 25.2 Å². The van der Waals surface area contributed by atoms with Crippen molar-refractivity contribution in [2.75, 3.05) is 26.8 Å². The molecule has 1 aliphatic heterocycles. The van der Waals surface area contributed by atoms with Crippen LogP contribution in [0.3, 0.4) is 0 Å². The number of nitrogens with two attached hydrogens (primary N) is 1. The van der Waals surface area contributed by atoms with E-state index in [9.17, 15) is 0 Å². The van der Waals surface area contributed by atoms with Crippen molar-refractivity contribution >= 4 is 29.9 Å². The summed E-state index contributed by atoms with van der Waals surface area (Å²) in [4.78, 5) is 6.91. The number of fused-ring (bicyclic) bond motifs is 1. The van der Waals surface area contributed by atoms with Crippen molar-refractivity contribution in [3.8, 4) is 11.5 Å². The van der Waals surface area contributed by atoms with Crippen molar-refractivity contribution < 1.29 is 9.47 Å². The molecule has 25 heavy (non-hydrogen) atoms. The monoisotopic (exact) mass is 457 g/mol. The fourth-order valence-electron chi connectivity index (χ4n) is 3.96. The molecule has 0 radical (unpaired) electrons.